The van der Waals surface area contributed by atoms with Gasteiger partial charge in [0.2, 0.25) is 12.7 Å². The van der Waals surface area contributed by atoms with Crippen LogP contribution in [0.1, 0.15) is 67.4 Å². The van der Waals surface area contributed by atoms with E-state index in [1.807, 2.05) is 47.4 Å². The summed E-state index contributed by atoms with van der Waals surface area (Å²) in [6.45, 7) is 6.81. The fraction of sp³-hybridized carbons (Fsp3) is 0.500. The molecule has 1 aliphatic carbocycles. The Morgan fingerprint density at radius 2 is 1.76 bits per heavy atom. The van der Waals surface area contributed by atoms with Gasteiger partial charge in [0.1, 0.15) is 0 Å². The van der Waals surface area contributed by atoms with Crippen molar-refractivity contribution < 1.29 is 19.1 Å². The summed E-state index contributed by atoms with van der Waals surface area (Å²) in [4.78, 5) is 29.8. The standard InChI is InChI=1S/C28H34N2O4/c1-19-5-3-6-24(20(19)2)30(17-22-10-13-25-26(15-22)34-18-33-25)28(32)23-11-8-21(9-12-23)16-29-14-4-7-27(29)31/h8-13,15,19-20,24H,3-7,14,16-18H2,1-2H3. The molecule has 0 bridgehead atoms. The molecule has 3 unspecified atom stereocenters. The minimum absolute atomic E-state index is 0.0624. The van der Waals surface area contributed by atoms with Crippen LogP contribution in [0, 0.1) is 11.8 Å². The van der Waals surface area contributed by atoms with Crippen molar-refractivity contribution in [2.24, 2.45) is 11.8 Å². The summed E-state index contributed by atoms with van der Waals surface area (Å²) >= 11 is 0. The molecule has 3 aliphatic rings. The molecule has 180 valence electrons. The van der Waals surface area contributed by atoms with E-state index in [0.29, 0.717) is 36.9 Å². The molecule has 2 heterocycles. The lowest BCUT2D eigenvalue weighted by Gasteiger charge is -2.42. The van der Waals surface area contributed by atoms with Crippen LogP contribution in [0.2, 0.25) is 0 Å². The van der Waals surface area contributed by atoms with Crippen LogP contribution in [0.25, 0.3) is 0 Å². The predicted molar refractivity (Wildman–Crippen MR) is 129 cm³/mol. The molecule has 0 N–H and O–H groups in total. The van der Waals surface area contributed by atoms with Crippen molar-refractivity contribution in [2.75, 3.05) is 13.3 Å². The van der Waals surface area contributed by atoms with Crippen LogP contribution in [0.4, 0.5) is 0 Å². The van der Waals surface area contributed by atoms with Gasteiger partial charge in [-0.25, -0.2) is 0 Å². The second kappa shape index (κ2) is 9.69. The SMILES string of the molecule is CC1CCCC(N(Cc2ccc3c(c2)OCO3)C(=O)c2ccc(CN3CCCC3=O)cc2)C1C. The van der Waals surface area contributed by atoms with Crippen LogP contribution in [-0.2, 0) is 17.9 Å². The number of amides is 2. The highest BCUT2D eigenvalue weighted by atomic mass is 16.7. The summed E-state index contributed by atoms with van der Waals surface area (Å²) in [7, 11) is 0. The van der Waals surface area contributed by atoms with Gasteiger partial charge in [-0.15, -0.1) is 0 Å². The zero-order chi connectivity index (χ0) is 23.7. The molecule has 0 aromatic heterocycles. The van der Waals surface area contributed by atoms with E-state index >= 15 is 0 Å². The van der Waals surface area contributed by atoms with Gasteiger partial charge in [-0.05, 0) is 60.1 Å². The second-order valence-corrected chi connectivity index (χ2v) is 10.1. The Morgan fingerprint density at radius 1 is 1.00 bits per heavy atom. The third-order valence-electron chi connectivity index (χ3n) is 7.86. The summed E-state index contributed by atoms with van der Waals surface area (Å²) in [5, 5.41) is 0. The first kappa shape index (κ1) is 22.8. The quantitative estimate of drug-likeness (QED) is 0.606. The van der Waals surface area contributed by atoms with Gasteiger partial charge in [-0.1, -0.05) is 44.9 Å². The molecule has 2 aromatic rings. The van der Waals surface area contributed by atoms with Crippen LogP contribution in [0.5, 0.6) is 11.5 Å². The summed E-state index contributed by atoms with van der Waals surface area (Å²) in [5.74, 6) is 2.81. The Labute approximate surface area is 201 Å². The van der Waals surface area contributed by atoms with Crippen LogP contribution < -0.4 is 9.47 Å². The molecule has 1 saturated heterocycles. The molecule has 2 amide bonds. The first-order chi connectivity index (χ1) is 16.5. The molecule has 3 atom stereocenters. The number of hydrogen-bond donors (Lipinski definition) is 0. The minimum Gasteiger partial charge on any atom is -0.454 e. The van der Waals surface area contributed by atoms with E-state index in [4.69, 9.17) is 9.47 Å². The smallest absolute Gasteiger partial charge is 0.254 e. The average Bonchev–Trinajstić information content (AvgIpc) is 3.48. The van der Waals surface area contributed by atoms with Crippen molar-refractivity contribution in [1.82, 2.24) is 9.80 Å². The maximum absolute atomic E-state index is 13.8. The molecule has 2 aliphatic heterocycles. The number of nitrogens with zero attached hydrogens (tertiary/aromatic N) is 2. The average molecular weight is 463 g/mol. The first-order valence-electron chi connectivity index (χ1n) is 12.6. The summed E-state index contributed by atoms with van der Waals surface area (Å²) in [5.41, 5.74) is 2.81. The highest BCUT2D eigenvalue weighted by molar-refractivity contribution is 5.94. The molecular formula is C28H34N2O4. The van der Waals surface area contributed by atoms with Crippen LogP contribution >= 0.6 is 0 Å². The Balaban J connectivity index is 1.37. The van der Waals surface area contributed by atoms with Crippen molar-refractivity contribution in [3.05, 3.63) is 59.2 Å². The second-order valence-electron chi connectivity index (χ2n) is 10.1. The Kier molecular flexibility index (Phi) is 6.48. The monoisotopic (exact) mass is 462 g/mol. The molecule has 6 heteroatoms. The van der Waals surface area contributed by atoms with Gasteiger partial charge in [0, 0.05) is 37.7 Å². The molecule has 34 heavy (non-hydrogen) atoms. The highest BCUT2D eigenvalue weighted by Crippen LogP contribution is 2.36. The van der Waals surface area contributed by atoms with E-state index in [0.717, 1.165) is 48.4 Å². The normalized spacial score (nSPS) is 23.9. The summed E-state index contributed by atoms with van der Waals surface area (Å²) < 4.78 is 11.0. The topological polar surface area (TPSA) is 59.1 Å². The summed E-state index contributed by atoms with van der Waals surface area (Å²) in [6.07, 6.45) is 4.96. The Bertz CT molecular complexity index is 1050. The van der Waals surface area contributed by atoms with E-state index in [2.05, 4.69) is 18.7 Å². The maximum Gasteiger partial charge on any atom is 0.254 e. The number of likely N-dealkylation sites (tertiary alicyclic amines) is 1. The lowest BCUT2D eigenvalue weighted by molar-refractivity contribution is -0.128. The number of carbonyl (C=O) groups excluding carboxylic acids is 2. The number of ether oxygens (including phenoxy) is 2. The van der Waals surface area contributed by atoms with E-state index in [9.17, 15) is 9.59 Å². The molecular weight excluding hydrogens is 428 g/mol. The van der Waals surface area contributed by atoms with Crippen molar-refractivity contribution in [3.63, 3.8) is 0 Å². The van der Waals surface area contributed by atoms with Gasteiger partial charge in [-0.2, -0.15) is 0 Å². The minimum atomic E-state index is 0.0624. The van der Waals surface area contributed by atoms with Crippen LogP contribution in [0.15, 0.2) is 42.5 Å². The van der Waals surface area contributed by atoms with E-state index in [1.54, 1.807) is 0 Å². The van der Waals surface area contributed by atoms with Crippen LogP contribution in [-0.4, -0.2) is 41.0 Å². The van der Waals surface area contributed by atoms with Crippen molar-refractivity contribution in [1.29, 1.82) is 0 Å². The third-order valence-corrected chi connectivity index (χ3v) is 7.86. The van der Waals surface area contributed by atoms with Gasteiger partial charge >= 0.3 is 0 Å². The fourth-order valence-corrected chi connectivity index (χ4v) is 5.58. The number of rotatable bonds is 6. The molecule has 0 spiro atoms. The molecule has 6 nitrogen and oxygen atoms in total. The largest absolute Gasteiger partial charge is 0.454 e. The Morgan fingerprint density at radius 3 is 2.53 bits per heavy atom. The van der Waals surface area contributed by atoms with Crippen molar-refractivity contribution >= 4 is 11.8 Å². The zero-order valence-corrected chi connectivity index (χ0v) is 20.2. The molecule has 2 aromatic carbocycles. The number of fused-ring (bicyclic) bond motifs is 1. The van der Waals surface area contributed by atoms with E-state index in [-0.39, 0.29) is 24.6 Å². The summed E-state index contributed by atoms with van der Waals surface area (Å²) in [6, 6.07) is 14.0. The molecule has 0 radical (unpaired) electrons. The number of carbonyl (C=O) groups is 2. The first-order valence-corrected chi connectivity index (χ1v) is 12.6. The number of benzene rings is 2. The van der Waals surface area contributed by atoms with Gasteiger partial charge < -0.3 is 19.3 Å². The van der Waals surface area contributed by atoms with Gasteiger partial charge in [0.05, 0.1) is 0 Å². The predicted octanol–water partition coefficient (Wildman–Crippen LogP) is 5.00. The molecule has 1 saturated carbocycles. The maximum atomic E-state index is 13.8. The van der Waals surface area contributed by atoms with Crippen molar-refractivity contribution in [3.8, 4) is 11.5 Å². The molecule has 2 fully saturated rings. The van der Waals surface area contributed by atoms with E-state index < -0.39 is 0 Å². The lowest BCUT2D eigenvalue weighted by atomic mass is 9.77. The van der Waals surface area contributed by atoms with Gasteiger partial charge in [0.15, 0.2) is 11.5 Å². The number of hydrogen-bond acceptors (Lipinski definition) is 4. The Hall–Kier alpha value is -3.02. The van der Waals surface area contributed by atoms with Gasteiger partial charge in [0.25, 0.3) is 5.91 Å². The van der Waals surface area contributed by atoms with Gasteiger partial charge in [-0.3, -0.25) is 9.59 Å². The third kappa shape index (κ3) is 4.63. The van der Waals surface area contributed by atoms with Crippen LogP contribution in [0.3, 0.4) is 0 Å². The highest BCUT2D eigenvalue weighted by Gasteiger charge is 2.34. The zero-order valence-electron chi connectivity index (χ0n) is 20.2. The lowest BCUT2D eigenvalue weighted by Crippen LogP contribution is -2.46. The van der Waals surface area contributed by atoms with Crippen molar-refractivity contribution in [2.45, 2.75) is 65.1 Å². The molecule has 5 rings (SSSR count). The fourth-order valence-electron chi connectivity index (χ4n) is 5.58. The van der Waals surface area contributed by atoms with E-state index in [1.165, 1.54) is 6.42 Å².